The van der Waals surface area contributed by atoms with Gasteiger partial charge in [-0.15, -0.1) is 0 Å². The highest BCUT2D eigenvalue weighted by Crippen LogP contribution is 2.11. The Bertz CT molecular complexity index is 184. The fourth-order valence-corrected chi connectivity index (χ4v) is 1.01. The maximum Gasteiger partial charge on any atom is 0.137 e. The zero-order valence-corrected chi connectivity index (χ0v) is 8.06. The van der Waals surface area contributed by atoms with Crippen molar-refractivity contribution in [2.24, 2.45) is 0 Å². The van der Waals surface area contributed by atoms with E-state index in [-0.39, 0.29) is 0 Å². The summed E-state index contributed by atoms with van der Waals surface area (Å²) < 4.78 is 4.94. The summed E-state index contributed by atoms with van der Waals surface area (Å²) in [6.45, 7) is 10.0. The maximum atomic E-state index is 4.94. The summed E-state index contributed by atoms with van der Waals surface area (Å²) >= 11 is 0. The van der Waals surface area contributed by atoms with Crippen molar-refractivity contribution in [3.63, 3.8) is 0 Å². The molecular weight excluding hydrogens is 138 g/mol. The lowest BCUT2D eigenvalue weighted by atomic mass is 10.1. The van der Waals surface area contributed by atoms with E-state index in [4.69, 9.17) is 4.52 Å². The molecule has 0 aliphatic carbocycles. The van der Waals surface area contributed by atoms with Gasteiger partial charge in [-0.1, -0.05) is 25.9 Å². The molecule has 0 radical (unpaired) electrons. The largest absolute Gasteiger partial charge is 0.361 e. The van der Waals surface area contributed by atoms with Gasteiger partial charge in [0.05, 0.1) is 5.69 Å². The highest BCUT2D eigenvalue weighted by molar-refractivity contribution is 5.19. The van der Waals surface area contributed by atoms with Gasteiger partial charge >= 0.3 is 0 Å². The molecule has 11 heavy (non-hydrogen) atoms. The van der Waals surface area contributed by atoms with Crippen molar-refractivity contribution < 1.29 is 4.52 Å². The first-order chi connectivity index (χ1) is 5.25. The molecule has 0 spiro atoms. The van der Waals surface area contributed by atoms with Gasteiger partial charge in [-0.3, -0.25) is 0 Å². The smallest absolute Gasteiger partial charge is 0.137 e. The van der Waals surface area contributed by atoms with E-state index in [0.717, 1.165) is 17.9 Å². The van der Waals surface area contributed by atoms with Crippen LogP contribution >= 0.6 is 0 Å². The second-order valence-electron chi connectivity index (χ2n) is 2.16. The number of hydrogen-bond donors (Lipinski definition) is 0. The van der Waals surface area contributed by atoms with Crippen LogP contribution in [0.3, 0.4) is 0 Å². The summed E-state index contributed by atoms with van der Waals surface area (Å²) in [4.78, 5) is 0. The average Bonchev–Trinajstić information content (AvgIpc) is 2.35. The third kappa shape index (κ3) is 2.37. The summed E-state index contributed by atoms with van der Waals surface area (Å²) in [6.07, 6.45) is 1.02. The van der Waals surface area contributed by atoms with E-state index in [1.54, 1.807) is 0 Å². The molecule has 0 aromatic carbocycles. The third-order valence-corrected chi connectivity index (χ3v) is 1.53. The highest BCUT2D eigenvalue weighted by atomic mass is 16.5. The van der Waals surface area contributed by atoms with Gasteiger partial charge < -0.3 is 4.52 Å². The summed E-state index contributed by atoms with van der Waals surface area (Å²) in [7, 11) is 0. The van der Waals surface area contributed by atoms with Crippen LogP contribution in [0.2, 0.25) is 0 Å². The standard InChI is InChI=1S/C7H11NO.C2H6/c1-4-7-5(2)8-9-6(7)3;1-2/h4H2,1-3H3;1-2H3. The first-order valence-electron chi connectivity index (χ1n) is 4.17. The van der Waals surface area contributed by atoms with E-state index < -0.39 is 0 Å². The number of hydrogen-bond acceptors (Lipinski definition) is 2. The molecule has 1 aromatic heterocycles. The molecule has 1 aromatic rings. The number of nitrogens with zero attached hydrogens (tertiary/aromatic N) is 1. The van der Waals surface area contributed by atoms with Gasteiger partial charge in [0.25, 0.3) is 0 Å². The van der Waals surface area contributed by atoms with Crippen LogP contribution in [-0.2, 0) is 6.42 Å². The molecule has 0 saturated carbocycles. The average molecular weight is 155 g/mol. The van der Waals surface area contributed by atoms with E-state index >= 15 is 0 Å². The van der Waals surface area contributed by atoms with Crippen LogP contribution in [0.15, 0.2) is 4.52 Å². The predicted octanol–water partition coefficient (Wildman–Crippen LogP) is 2.88. The van der Waals surface area contributed by atoms with Gasteiger partial charge in [-0.05, 0) is 20.3 Å². The lowest BCUT2D eigenvalue weighted by Crippen LogP contribution is -1.82. The molecule has 1 heterocycles. The SMILES string of the molecule is CC.CCc1c(C)noc1C. The van der Waals surface area contributed by atoms with Crippen LogP contribution in [0.25, 0.3) is 0 Å². The summed E-state index contributed by atoms with van der Waals surface area (Å²) in [6, 6.07) is 0. The highest BCUT2D eigenvalue weighted by Gasteiger charge is 2.04. The van der Waals surface area contributed by atoms with Gasteiger partial charge in [-0.2, -0.15) is 0 Å². The van der Waals surface area contributed by atoms with Crippen molar-refractivity contribution in [2.75, 3.05) is 0 Å². The normalized spacial score (nSPS) is 8.82. The summed E-state index contributed by atoms with van der Waals surface area (Å²) in [5, 5.41) is 3.81. The fraction of sp³-hybridized carbons (Fsp3) is 0.667. The molecule has 1 rings (SSSR count). The number of rotatable bonds is 1. The molecule has 0 bridgehead atoms. The van der Waals surface area contributed by atoms with Crippen molar-refractivity contribution in [3.8, 4) is 0 Å². The van der Waals surface area contributed by atoms with E-state index in [2.05, 4.69) is 12.1 Å². The lowest BCUT2D eigenvalue weighted by molar-refractivity contribution is 0.392. The van der Waals surface area contributed by atoms with Crippen LogP contribution in [-0.4, -0.2) is 5.16 Å². The minimum Gasteiger partial charge on any atom is -0.361 e. The molecular formula is C9H17NO. The molecule has 2 heteroatoms. The molecule has 0 N–H and O–H groups in total. The predicted molar refractivity (Wildman–Crippen MR) is 46.7 cm³/mol. The second-order valence-corrected chi connectivity index (χ2v) is 2.16. The van der Waals surface area contributed by atoms with Gasteiger partial charge in [0, 0.05) is 5.56 Å². The Hall–Kier alpha value is -0.790. The van der Waals surface area contributed by atoms with Crippen molar-refractivity contribution >= 4 is 0 Å². The molecule has 0 aliphatic heterocycles. The minimum absolute atomic E-state index is 0.954. The summed E-state index contributed by atoms with van der Waals surface area (Å²) in [5.74, 6) is 0.954. The van der Waals surface area contributed by atoms with Gasteiger partial charge in [0.15, 0.2) is 0 Å². The first kappa shape index (κ1) is 10.2. The third-order valence-electron chi connectivity index (χ3n) is 1.53. The second kappa shape index (κ2) is 4.94. The van der Waals surface area contributed by atoms with E-state index in [0.29, 0.717) is 0 Å². The fourth-order valence-electron chi connectivity index (χ4n) is 1.01. The Morgan fingerprint density at radius 1 is 1.27 bits per heavy atom. The zero-order chi connectivity index (χ0) is 8.85. The van der Waals surface area contributed by atoms with Gasteiger partial charge in [0.2, 0.25) is 0 Å². The molecule has 0 atom stereocenters. The molecule has 0 saturated heterocycles. The van der Waals surface area contributed by atoms with E-state index in [1.807, 2.05) is 27.7 Å². The Morgan fingerprint density at radius 3 is 2.00 bits per heavy atom. The van der Waals surface area contributed by atoms with Crippen LogP contribution in [0, 0.1) is 13.8 Å². The van der Waals surface area contributed by atoms with Crippen LogP contribution < -0.4 is 0 Å². The number of aromatic nitrogens is 1. The van der Waals surface area contributed by atoms with Crippen molar-refractivity contribution in [1.29, 1.82) is 0 Å². The van der Waals surface area contributed by atoms with Crippen molar-refractivity contribution in [2.45, 2.75) is 41.0 Å². The maximum absolute atomic E-state index is 4.94. The van der Waals surface area contributed by atoms with E-state index in [1.165, 1.54) is 5.56 Å². The molecule has 0 unspecified atom stereocenters. The topological polar surface area (TPSA) is 26.0 Å². The molecule has 0 fully saturated rings. The molecule has 0 amide bonds. The zero-order valence-electron chi connectivity index (χ0n) is 8.06. The Kier molecular flexibility index (Phi) is 4.59. The lowest BCUT2D eigenvalue weighted by Gasteiger charge is -1.88. The Balaban J connectivity index is 0.000000461. The van der Waals surface area contributed by atoms with Crippen molar-refractivity contribution in [1.82, 2.24) is 5.16 Å². The van der Waals surface area contributed by atoms with Crippen LogP contribution in [0.5, 0.6) is 0 Å². The first-order valence-corrected chi connectivity index (χ1v) is 4.17. The van der Waals surface area contributed by atoms with E-state index in [9.17, 15) is 0 Å². The minimum atomic E-state index is 0.954. The van der Waals surface area contributed by atoms with Crippen LogP contribution in [0.1, 0.15) is 37.8 Å². The molecule has 64 valence electrons. The quantitative estimate of drug-likeness (QED) is 0.623. The molecule has 0 aliphatic rings. The molecule has 2 nitrogen and oxygen atoms in total. The Morgan fingerprint density at radius 2 is 1.82 bits per heavy atom. The Labute approximate surface area is 68.6 Å². The van der Waals surface area contributed by atoms with Gasteiger partial charge in [0.1, 0.15) is 5.76 Å². The monoisotopic (exact) mass is 155 g/mol. The summed E-state index contributed by atoms with van der Waals surface area (Å²) in [5.41, 5.74) is 2.27. The van der Waals surface area contributed by atoms with Crippen molar-refractivity contribution in [3.05, 3.63) is 17.0 Å². The van der Waals surface area contributed by atoms with Gasteiger partial charge in [-0.25, -0.2) is 0 Å². The number of aryl methyl sites for hydroxylation is 2. The van der Waals surface area contributed by atoms with Crippen LogP contribution in [0.4, 0.5) is 0 Å².